The fraction of sp³-hybridized carbons (Fsp3) is 0.667. The molecule has 1 fully saturated rings. The summed E-state index contributed by atoms with van der Waals surface area (Å²) in [6.45, 7) is 10.4. The molecule has 0 saturated carbocycles. The van der Waals surface area contributed by atoms with Gasteiger partial charge in [0.05, 0.1) is 21.3 Å². The normalized spacial score (nSPS) is 18.5. The number of nitrogens with zero attached hydrogens (tertiary/aromatic N) is 2. The van der Waals surface area contributed by atoms with E-state index in [2.05, 4.69) is 0 Å². The molecule has 35 heavy (non-hydrogen) atoms. The molecular formula is C27H42N2O6. The first-order valence-corrected chi connectivity index (χ1v) is 12.5. The second-order valence-electron chi connectivity index (χ2n) is 9.85. The maximum Gasteiger partial charge on any atom is 0.291 e. The molecule has 1 aliphatic rings. The average Bonchev–Trinajstić information content (AvgIpc) is 2.85. The van der Waals surface area contributed by atoms with Crippen molar-refractivity contribution in [2.45, 2.75) is 78.8 Å². The van der Waals surface area contributed by atoms with Crippen LogP contribution in [-0.4, -0.2) is 73.9 Å². The lowest BCUT2D eigenvalue weighted by molar-refractivity contribution is -0.161. The molecule has 0 N–H and O–H groups in total. The Morgan fingerprint density at radius 1 is 1.06 bits per heavy atom. The summed E-state index contributed by atoms with van der Waals surface area (Å²) in [4.78, 5) is 42.9. The largest absolute Gasteiger partial charge is 0.493 e. The maximum atomic E-state index is 13.4. The summed E-state index contributed by atoms with van der Waals surface area (Å²) >= 11 is 0. The third-order valence-corrected chi connectivity index (χ3v) is 7.00. The van der Waals surface area contributed by atoms with Gasteiger partial charge in [-0.15, -0.1) is 0 Å². The van der Waals surface area contributed by atoms with Crippen LogP contribution in [0.1, 0.15) is 65.9 Å². The summed E-state index contributed by atoms with van der Waals surface area (Å²) in [5.41, 5.74) is 0.278. The Bertz CT molecular complexity index is 888. The predicted octanol–water partition coefficient (Wildman–Crippen LogP) is 3.88. The highest BCUT2D eigenvalue weighted by molar-refractivity contribution is 6.38. The van der Waals surface area contributed by atoms with Gasteiger partial charge < -0.3 is 24.0 Å². The van der Waals surface area contributed by atoms with Crippen molar-refractivity contribution >= 4 is 17.6 Å². The van der Waals surface area contributed by atoms with Crippen LogP contribution < -0.4 is 14.2 Å². The van der Waals surface area contributed by atoms with Crippen molar-refractivity contribution in [2.75, 3.05) is 34.4 Å². The van der Waals surface area contributed by atoms with Crippen LogP contribution in [0.25, 0.3) is 0 Å². The molecule has 196 valence electrons. The van der Waals surface area contributed by atoms with E-state index in [9.17, 15) is 14.4 Å². The lowest BCUT2D eigenvalue weighted by Crippen LogP contribution is -2.64. The average molecular weight is 491 g/mol. The molecule has 8 nitrogen and oxygen atoms in total. The summed E-state index contributed by atoms with van der Waals surface area (Å²) in [7, 11) is 4.74. The molecule has 0 aromatic heterocycles. The number of piperazine rings is 1. The van der Waals surface area contributed by atoms with Gasteiger partial charge in [0.25, 0.3) is 5.91 Å². The number of amides is 2. The van der Waals surface area contributed by atoms with E-state index in [1.807, 2.05) is 37.8 Å². The van der Waals surface area contributed by atoms with Crippen molar-refractivity contribution in [1.82, 2.24) is 9.80 Å². The maximum absolute atomic E-state index is 13.4. The van der Waals surface area contributed by atoms with Crippen LogP contribution in [0, 0.1) is 5.41 Å². The number of hydrogen-bond acceptors (Lipinski definition) is 6. The van der Waals surface area contributed by atoms with Crippen molar-refractivity contribution in [2.24, 2.45) is 5.41 Å². The Labute approximate surface area is 209 Å². The number of carbonyl (C=O) groups is 3. The summed E-state index contributed by atoms with van der Waals surface area (Å²) in [6.07, 6.45) is 3.32. The zero-order valence-corrected chi connectivity index (χ0v) is 22.6. The van der Waals surface area contributed by atoms with Crippen molar-refractivity contribution in [1.29, 1.82) is 0 Å². The van der Waals surface area contributed by atoms with E-state index in [1.165, 1.54) is 0 Å². The van der Waals surface area contributed by atoms with Gasteiger partial charge in [0.1, 0.15) is 6.04 Å². The van der Waals surface area contributed by atoms with Gasteiger partial charge >= 0.3 is 0 Å². The molecule has 1 saturated heterocycles. The number of hydrogen-bond donors (Lipinski definition) is 0. The van der Waals surface area contributed by atoms with Crippen LogP contribution in [0.15, 0.2) is 12.1 Å². The van der Waals surface area contributed by atoms with Crippen LogP contribution >= 0.6 is 0 Å². The Morgan fingerprint density at radius 3 is 2.14 bits per heavy atom. The van der Waals surface area contributed by atoms with Crippen molar-refractivity contribution in [3.05, 3.63) is 17.7 Å². The first-order valence-electron chi connectivity index (χ1n) is 12.5. The quantitative estimate of drug-likeness (QED) is 0.414. The summed E-state index contributed by atoms with van der Waals surface area (Å²) in [6, 6.07) is 3.01. The molecule has 1 heterocycles. The molecule has 8 heteroatoms. The summed E-state index contributed by atoms with van der Waals surface area (Å²) in [5.74, 6) is 0.713. The molecular weight excluding hydrogens is 448 g/mol. The van der Waals surface area contributed by atoms with Crippen LogP contribution in [0.4, 0.5) is 0 Å². The highest BCUT2D eigenvalue weighted by Crippen LogP contribution is 2.38. The number of benzene rings is 1. The molecule has 2 amide bonds. The van der Waals surface area contributed by atoms with Crippen LogP contribution in [0.2, 0.25) is 0 Å². The topological polar surface area (TPSA) is 85.4 Å². The fourth-order valence-corrected chi connectivity index (χ4v) is 4.53. The minimum atomic E-state index is -0.742. The molecule has 0 aliphatic carbocycles. The number of methoxy groups -OCH3 is 3. The zero-order chi connectivity index (χ0) is 26.3. The van der Waals surface area contributed by atoms with E-state index in [0.717, 1.165) is 24.8 Å². The second kappa shape index (κ2) is 12.3. The monoisotopic (exact) mass is 490 g/mol. The molecule has 0 bridgehead atoms. The number of Topliss-reactive ketones (excluding diaryl/α,β-unsaturated/α-hetero) is 1. The summed E-state index contributed by atoms with van der Waals surface area (Å²) in [5, 5.41) is 0. The van der Waals surface area contributed by atoms with Gasteiger partial charge in [0.2, 0.25) is 17.4 Å². The van der Waals surface area contributed by atoms with Crippen molar-refractivity contribution in [3.63, 3.8) is 0 Å². The number of carbonyl (C=O) groups excluding carboxylic acids is 3. The number of ketones is 1. The van der Waals surface area contributed by atoms with E-state index < -0.39 is 23.1 Å². The number of rotatable bonds is 12. The molecule has 1 aromatic rings. The van der Waals surface area contributed by atoms with E-state index in [0.29, 0.717) is 43.2 Å². The molecule has 2 rings (SSSR count). The first-order chi connectivity index (χ1) is 16.6. The van der Waals surface area contributed by atoms with E-state index in [1.54, 1.807) is 40.1 Å². The lowest BCUT2D eigenvalue weighted by atomic mass is 9.84. The number of ether oxygens (including phenoxy) is 3. The lowest BCUT2D eigenvalue weighted by Gasteiger charge is -2.45. The van der Waals surface area contributed by atoms with Gasteiger partial charge in [-0.25, -0.2) is 0 Å². The van der Waals surface area contributed by atoms with Gasteiger partial charge in [0.15, 0.2) is 11.5 Å². The van der Waals surface area contributed by atoms with Gasteiger partial charge in [0, 0.05) is 24.5 Å². The third-order valence-electron chi connectivity index (χ3n) is 7.00. The fourth-order valence-electron chi connectivity index (χ4n) is 4.53. The highest BCUT2D eigenvalue weighted by Gasteiger charge is 2.45. The van der Waals surface area contributed by atoms with Gasteiger partial charge in [-0.3, -0.25) is 14.4 Å². The molecule has 2 atom stereocenters. The molecule has 1 aliphatic heterocycles. The SMILES string of the molecule is CCCC1C(=O)N(CCCc2cc(OC)c(OC)c(OC)c2)CC(C)N1C(=O)C(=O)C(C)(C)CC. The smallest absolute Gasteiger partial charge is 0.291 e. The van der Waals surface area contributed by atoms with Crippen molar-refractivity contribution < 1.29 is 28.6 Å². The minimum absolute atomic E-state index is 0.0784. The van der Waals surface area contributed by atoms with Crippen LogP contribution in [0.5, 0.6) is 17.2 Å². The van der Waals surface area contributed by atoms with E-state index in [-0.39, 0.29) is 11.9 Å². The highest BCUT2D eigenvalue weighted by atomic mass is 16.5. The van der Waals surface area contributed by atoms with Crippen molar-refractivity contribution in [3.8, 4) is 17.2 Å². The summed E-state index contributed by atoms with van der Waals surface area (Å²) < 4.78 is 16.3. The van der Waals surface area contributed by atoms with Crippen LogP contribution in [0.3, 0.4) is 0 Å². The zero-order valence-electron chi connectivity index (χ0n) is 22.6. The molecule has 0 spiro atoms. The van der Waals surface area contributed by atoms with Gasteiger partial charge in [-0.1, -0.05) is 34.1 Å². The van der Waals surface area contributed by atoms with Crippen LogP contribution in [-0.2, 0) is 20.8 Å². The Kier molecular flexibility index (Phi) is 9.98. The predicted molar refractivity (Wildman–Crippen MR) is 135 cm³/mol. The Balaban J connectivity index is 2.14. The van der Waals surface area contributed by atoms with Gasteiger partial charge in [-0.05, 0) is 50.3 Å². The minimum Gasteiger partial charge on any atom is -0.493 e. The number of aryl methyl sites for hydroxylation is 1. The molecule has 0 radical (unpaired) electrons. The third kappa shape index (κ3) is 6.27. The molecule has 1 aromatic carbocycles. The first kappa shape index (κ1) is 28.5. The van der Waals surface area contributed by atoms with E-state index >= 15 is 0 Å². The van der Waals surface area contributed by atoms with E-state index in [4.69, 9.17) is 14.2 Å². The Morgan fingerprint density at radius 2 is 1.66 bits per heavy atom. The Hall–Kier alpha value is -2.77. The standard InChI is InChI=1S/C27H42N2O6/c1-9-12-20-25(31)28(17-18(3)29(20)26(32)24(30)27(4,5)10-2)14-11-13-19-15-21(33-6)23(35-8)22(16-19)34-7/h15-16,18,20H,9-14,17H2,1-8H3. The van der Waals surface area contributed by atoms with Gasteiger partial charge in [-0.2, -0.15) is 0 Å². The molecule has 2 unspecified atom stereocenters. The second-order valence-corrected chi connectivity index (χ2v) is 9.85.